The third-order valence-corrected chi connectivity index (χ3v) is 4.32. The third-order valence-electron chi connectivity index (χ3n) is 2.30. The molecule has 2 rings (SSSR count). The smallest absolute Gasteiger partial charge is 0.405 e. The van der Waals surface area contributed by atoms with E-state index in [9.17, 15) is 13.2 Å². The second kappa shape index (κ2) is 6.19. The lowest BCUT2D eigenvalue weighted by molar-refractivity contribution is -1.73. The molecule has 0 spiro atoms. The van der Waals surface area contributed by atoms with E-state index in [-0.39, 0.29) is 0 Å². The van der Waals surface area contributed by atoms with Crippen molar-refractivity contribution in [2.24, 2.45) is 0 Å². The summed E-state index contributed by atoms with van der Waals surface area (Å²) in [5.74, 6) is 0. The third kappa shape index (κ3) is 4.43. The molecule has 0 amide bonds. The number of benzene rings is 1. The quantitative estimate of drug-likeness (QED) is 0.662. The molecule has 19 heavy (non-hydrogen) atoms. The second-order valence-corrected chi connectivity index (χ2v) is 6.69. The van der Waals surface area contributed by atoms with E-state index in [1.165, 1.54) is 0 Å². The molecule has 0 aliphatic rings. The van der Waals surface area contributed by atoms with Crippen LogP contribution in [0.2, 0.25) is 0 Å². The highest BCUT2D eigenvalue weighted by Crippen LogP contribution is 2.50. The van der Waals surface area contributed by atoms with Crippen LogP contribution in [0.5, 0.6) is 0 Å². The molecule has 0 N–H and O–H groups in total. The molecule has 0 fully saturated rings. The first-order valence-corrected chi connectivity index (χ1v) is 8.12. The fourth-order valence-electron chi connectivity index (χ4n) is 1.70. The van der Waals surface area contributed by atoms with E-state index in [0.29, 0.717) is 15.0 Å². The zero-order chi connectivity index (χ0) is 14.8. The van der Waals surface area contributed by atoms with Gasteiger partial charge in [-0.15, -0.1) is 13.2 Å². The predicted octanol–water partition coefficient (Wildman–Crippen LogP) is 1.12. The molecule has 0 aliphatic heterocycles. The van der Waals surface area contributed by atoms with Gasteiger partial charge in [-0.2, -0.15) is 0 Å². The van der Waals surface area contributed by atoms with Gasteiger partial charge in [-0.25, -0.2) is 0 Å². The number of hydrogen-bond donors (Lipinski definition) is 0. The van der Waals surface area contributed by atoms with Crippen molar-refractivity contribution in [3.8, 4) is 0 Å². The largest absolute Gasteiger partial charge is 0.600 e. The van der Waals surface area contributed by atoms with Crippen molar-refractivity contribution >= 4 is 20.6 Å². The Morgan fingerprint density at radius 2 is 1.58 bits per heavy atom. The zero-order valence-corrected chi connectivity index (χ0v) is 12.4. The molecule has 8 heteroatoms. The summed E-state index contributed by atoms with van der Waals surface area (Å²) in [5, 5.41) is 0.707. The van der Waals surface area contributed by atoms with Crippen molar-refractivity contribution < 1.29 is 40.6 Å². The summed E-state index contributed by atoms with van der Waals surface area (Å²) >= 11 is -3.65. The first-order valence-electron chi connectivity index (χ1n) is 4.96. The molecular weight excluding hydrogens is 349 g/mol. The molecule has 0 radical (unpaired) electrons. The molecular formula is C11H10BrF3O3S. The van der Waals surface area contributed by atoms with Crippen LogP contribution >= 0.6 is 10.5 Å². The lowest BCUT2D eigenvalue weighted by atomic mass is 10.2. The highest BCUT2D eigenvalue weighted by Gasteiger charge is 2.46. The Morgan fingerprint density at radius 3 is 2.05 bits per heavy atom. The van der Waals surface area contributed by atoms with E-state index in [0.717, 1.165) is 5.56 Å². The standard InChI is InChI=1S/C11H10F3S.BrO3/c1-7-3-4-9-6-8(2)15(10(9)5-7)11(12,13)14;2-1(3)4/h3-6H,1-2H3;/q+1;-1. The number of alkyl halides is 3. The van der Waals surface area contributed by atoms with Crippen LogP contribution in [0.4, 0.5) is 13.2 Å². The van der Waals surface area contributed by atoms with Crippen LogP contribution in [-0.2, 0) is 5.51 Å². The first kappa shape index (κ1) is 16.4. The van der Waals surface area contributed by atoms with Crippen LogP contribution in [0.15, 0.2) is 24.3 Å². The molecule has 1 atom stereocenters. The van der Waals surface area contributed by atoms with Gasteiger partial charge in [-0.3, -0.25) is 0 Å². The highest BCUT2D eigenvalue weighted by atomic mass is 80.0. The number of hydrogen-bond acceptors (Lipinski definition) is 3. The Kier molecular flexibility index (Phi) is 5.34. The normalized spacial score (nSPS) is 12.6. The van der Waals surface area contributed by atoms with Gasteiger partial charge in [0.1, 0.15) is 0 Å². The average Bonchev–Trinajstić information content (AvgIpc) is 2.51. The molecule has 1 aromatic carbocycles. The monoisotopic (exact) mass is 358 g/mol. The minimum atomic E-state index is -4.15. The van der Waals surface area contributed by atoms with Crippen molar-refractivity contribution in [2.75, 3.05) is 0 Å². The van der Waals surface area contributed by atoms with Crippen LogP contribution in [0.3, 0.4) is 0 Å². The Hall–Kier alpha value is -0.670. The van der Waals surface area contributed by atoms with Gasteiger partial charge in [0.15, 0.2) is 9.58 Å². The van der Waals surface area contributed by atoms with Crippen molar-refractivity contribution in [2.45, 2.75) is 19.4 Å². The van der Waals surface area contributed by atoms with Crippen molar-refractivity contribution in [3.63, 3.8) is 0 Å². The van der Waals surface area contributed by atoms with Crippen molar-refractivity contribution in [3.05, 3.63) is 34.7 Å². The average molecular weight is 359 g/mol. The van der Waals surface area contributed by atoms with Gasteiger partial charge < -0.3 is 12.6 Å². The van der Waals surface area contributed by atoms with Crippen LogP contribution in [0.25, 0.3) is 10.1 Å². The molecule has 0 aliphatic carbocycles. The molecule has 0 saturated carbocycles. The molecule has 0 bridgehead atoms. The van der Waals surface area contributed by atoms with E-state index in [1.807, 2.05) is 13.0 Å². The Labute approximate surface area is 115 Å². The van der Waals surface area contributed by atoms with Crippen LogP contribution in [0, 0.1) is 28.7 Å². The molecule has 1 aromatic heterocycles. The summed E-state index contributed by atoms with van der Waals surface area (Å²) in [6, 6.07) is 6.86. The molecule has 106 valence electrons. The molecule has 1 unspecified atom stereocenters. The van der Waals surface area contributed by atoms with Crippen LogP contribution in [0.1, 0.15) is 10.4 Å². The van der Waals surface area contributed by atoms with Gasteiger partial charge in [0.25, 0.3) is 0 Å². The minimum Gasteiger partial charge on any atom is -0.405 e. The van der Waals surface area contributed by atoms with Gasteiger partial charge in [0.05, 0.1) is 10.5 Å². The van der Waals surface area contributed by atoms with Gasteiger partial charge in [-0.05, 0) is 18.6 Å². The SMILES string of the molecule is Cc1ccc2cc(C)[s+](C(F)(F)F)c2c1.[O-][Br+2]([O-])[O-]. The fraction of sp³-hybridized carbons (Fsp3) is 0.273. The van der Waals surface area contributed by atoms with Gasteiger partial charge in [0.2, 0.25) is 14.8 Å². The van der Waals surface area contributed by atoms with E-state index < -0.39 is 30.8 Å². The Balaban J connectivity index is 0.000000399. The molecule has 0 saturated heterocycles. The minimum absolute atomic E-state index is 0.406. The fourth-order valence-corrected chi connectivity index (χ4v) is 3.57. The zero-order valence-electron chi connectivity index (χ0n) is 9.95. The van der Waals surface area contributed by atoms with Gasteiger partial charge >= 0.3 is 5.51 Å². The van der Waals surface area contributed by atoms with E-state index in [1.54, 1.807) is 25.1 Å². The number of rotatable bonds is 0. The maximum atomic E-state index is 12.8. The molecule has 1 heterocycles. The maximum Gasteiger partial charge on any atom is 0.600 e. The number of aryl methyl sites for hydroxylation is 2. The maximum absolute atomic E-state index is 12.8. The van der Waals surface area contributed by atoms with Gasteiger partial charge in [-0.1, -0.05) is 6.07 Å². The van der Waals surface area contributed by atoms with E-state index in [4.69, 9.17) is 12.6 Å². The Bertz CT molecular complexity index is 563. The van der Waals surface area contributed by atoms with E-state index >= 15 is 0 Å². The first-order chi connectivity index (χ1) is 8.62. The lowest BCUT2D eigenvalue weighted by Gasteiger charge is -1.97. The topological polar surface area (TPSA) is 69.2 Å². The summed E-state index contributed by atoms with van der Waals surface area (Å²) in [4.78, 5) is 0.406. The van der Waals surface area contributed by atoms with Crippen LogP contribution in [-0.4, -0.2) is 0 Å². The summed E-state index contributed by atoms with van der Waals surface area (Å²) < 4.78 is 64.4. The predicted molar refractivity (Wildman–Crippen MR) is 57.2 cm³/mol. The summed E-state index contributed by atoms with van der Waals surface area (Å²) in [6.45, 7) is 3.36. The highest BCUT2D eigenvalue weighted by molar-refractivity contribution is 7.38. The summed E-state index contributed by atoms with van der Waals surface area (Å²) in [5.41, 5.74) is -3.28. The van der Waals surface area contributed by atoms with Crippen molar-refractivity contribution in [1.82, 2.24) is 0 Å². The van der Waals surface area contributed by atoms with Gasteiger partial charge in [0, 0.05) is 24.4 Å². The second-order valence-electron chi connectivity index (χ2n) is 3.74. The number of halogens is 4. The molecule has 2 aromatic rings. The van der Waals surface area contributed by atoms with Crippen molar-refractivity contribution in [1.29, 1.82) is 0 Å². The lowest BCUT2D eigenvalue weighted by Crippen LogP contribution is -2.42. The number of thiophene rings is 1. The summed E-state index contributed by atoms with van der Waals surface area (Å²) in [6.07, 6.45) is 0. The summed E-state index contributed by atoms with van der Waals surface area (Å²) in [7, 11) is -1.71. The molecule has 3 nitrogen and oxygen atoms in total. The number of fused-ring (bicyclic) bond motifs is 1. The van der Waals surface area contributed by atoms with Crippen LogP contribution < -0.4 is 12.6 Å². The Morgan fingerprint density at radius 1 is 1.05 bits per heavy atom. The van der Waals surface area contributed by atoms with E-state index in [2.05, 4.69) is 0 Å².